The van der Waals surface area contributed by atoms with Gasteiger partial charge in [0.05, 0.1) is 12.2 Å². The molecule has 0 aromatic heterocycles. The normalized spacial score (nSPS) is 26.5. The van der Waals surface area contributed by atoms with Crippen molar-refractivity contribution in [2.45, 2.75) is 31.4 Å². The molecule has 2 aromatic rings. The third-order valence-electron chi connectivity index (χ3n) is 6.38. The molecule has 1 aliphatic carbocycles. The van der Waals surface area contributed by atoms with E-state index in [9.17, 15) is 14.4 Å². The monoisotopic (exact) mass is 429 g/mol. The average molecular weight is 429 g/mol. The number of allylic oxidation sites excluding steroid dienone is 1. The average Bonchev–Trinajstić information content (AvgIpc) is 3.08. The van der Waals surface area contributed by atoms with E-state index in [4.69, 9.17) is 9.47 Å². The number of hydrogen-bond donors (Lipinski definition) is 0. The lowest BCUT2D eigenvalue weighted by Crippen LogP contribution is -2.63. The summed E-state index contributed by atoms with van der Waals surface area (Å²) in [5.41, 5.74) is -0.390. The number of ether oxygens (including phenoxy) is 2. The molecule has 3 aliphatic rings. The number of ketones is 1. The molecule has 1 saturated heterocycles. The highest BCUT2D eigenvalue weighted by molar-refractivity contribution is 6.54. The number of hydrogen-bond acceptors (Lipinski definition) is 5. The number of esters is 1. The Morgan fingerprint density at radius 3 is 2.47 bits per heavy atom. The fourth-order valence-corrected chi connectivity index (χ4v) is 5.13. The first kappa shape index (κ1) is 20.2. The van der Waals surface area contributed by atoms with Gasteiger partial charge in [-0.15, -0.1) is 0 Å². The maximum atomic E-state index is 13.8. The van der Waals surface area contributed by atoms with Crippen molar-refractivity contribution in [2.24, 2.45) is 5.92 Å². The third kappa shape index (κ3) is 2.75. The second-order valence-corrected chi connectivity index (χ2v) is 8.06. The molecule has 2 aromatic carbocycles. The summed E-state index contributed by atoms with van der Waals surface area (Å²) in [6.45, 7) is 1.85. The van der Waals surface area contributed by atoms with Gasteiger partial charge in [-0.25, -0.2) is 4.79 Å². The molecule has 5 rings (SSSR count). The number of benzene rings is 2. The van der Waals surface area contributed by atoms with Gasteiger partial charge in [0, 0.05) is 17.2 Å². The van der Waals surface area contributed by atoms with Crippen LogP contribution in [0.25, 0.3) is 5.76 Å². The van der Waals surface area contributed by atoms with Crippen molar-refractivity contribution in [1.82, 2.24) is 0 Å². The van der Waals surface area contributed by atoms with Gasteiger partial charge in [0.2, 0.25) is 0 Å². The lowest BCUT2D eigenvalue weighted by Gasteiger charge is -2.48. The molecular weight excluding hydrogens is 406 g/mol. The quantitative estimate of drug-likeness (QED) is 0.421. The van der Waals surface area contributed by atoms with Gasteiger partial charge >= 0.3 is 11.9 Å². The SMILES string of the molecule is CCOC(=O)[C@]12C(=C(c3ccccc3)O[C@H]3C=CCC[C@@H]31)C(=O)C(=O)N2c1ccccc1. The van der Waals surface area contributed by atoms with Gasteiger partial charge in [-0.2, -0.15) is 0 Å². The smallest absolute Gasteiger partial charge is 0.337 e. The number of carbonyl (C=O) groups is 3. The van der Waals surface area contributed by atoms with Gasteiger partial charge in [-0.05, 0) is 38.0 Å². The second kappa shape index (κ2) is 7.79. The van der Waals surface area contributed by atoms with Gasteiger partial charge in [0.25, 0.3) is 5.78 Å². The molecule has 162 valence electrons. The first-order valence-corrected chi connectivity index (χ1v) is 10.8. The van der Waals surface area contributed by atoms with Crippen molar-refractivity contribution in [3.05, 3.63) is 84.0 Å². The number of Topliss-reactive ketones (excluding diaryl/α,β-unsaturated/α-hetero) is 1. The molecule has 32 heavy (non-hydrogen) atoms. The summed E-state index contributed by atoms with van der Waals surface area (Å²) in [6, 6.07) is 18.0. The molecule has 0 N–H and O–H groups in total. The van der Waals surface area contributed by atoms with Crippen molar-refractivity contribution < 1.29 is 23.9 Å². The summed E-state index contributed by atoms with van der Waals surface area (Å²) >= 11 is 0. The maximum Gasteiger partial charge on any atom is 0.337 e. The van der Waals surface area contributed by atoms with E-state index in [1.54, 1.807) is 31.2 Å². The van der Waals surface area contributed by atoms with Crippen LogP contribution in [0.4, 0.5) is 5.69 Å². The Balaban J connectivity index is 1.87. The minimum absolute atomic E-state index is 0.0764. The second-order valence-electron chi connectivity index (χ2n) is 8.06. The molecule has 0 unspecified atom stereocenters. The maximum absolute atomic E-state index is 13.8. The van der Waals surface area contributed by atoms with Gasteiger partial charge in [-0.1, -0.05) is 54.6 Å². The first-order valence-electron chi connectivity index (χ1n) is 10.8. The number of carbonyl (C=O) groups excluding carboxylic acids is 3. The summed E-state index contributed by atoms with van der Waals surface area (Å²) < 4.78 is 11.9. The van der Waals surface area contributed by atoms with Crippen LogP contribution in [0.1, 0.15) is 25.3 Å². The Hall–Kier alpha value is -3.67. The molecule has 0 bridgehead atoms. The zero-order valence-electron chi connectivity index (χ0n) is 17.7. The van der Waals surface area contributed by atoms with E-state index in [1.807, 2.05) is 48.6 Å². The van der Waals surface area contributed by atoms with Gasteiger partial charge in [-0.3, -0.25) is 14.5 Å². The van der Waals surface area contributed by atoms with Gasteiger partial charge < -0.3 is 9.47 Å². The Labute approximate surface area is 186 Å². The van der Waals surface area contributed by atoms with Crippen molar-refractivity contribution in [1.29, 1.82) is 0 Å². The van der Waals surface area contributed by atoms with Crippen LogP contribution in [-0.4, -0.2) is 35.9 Å². The molecule has 0 saturated carbocycles. The van der Waals surface area contributed by atoms with E-state index < -0.39 is 35.2 Å². The molecule has 0 radical (unpaired) electrons. The molecule has 1 amide bonds. The van der Waals surface area contributed by atoms with Crippen LogP contribution in [-0.2, 0) is 23.9 Å². The molecular formula is C26H23NO5. The van der Waals surface area contributed by atoms with E-state index >= 15 is 0 Å². The van der Waals surface area contributed by atoms with Crippen molar-refractivity contribution in [2.75, 3.05) is 11.5 Å². The van der Waals surface area contributed by atoms with Crippen LogP contribution < -0.4 is 4.90 Å². The van der Waals surface area contributed by atoms with E-state index in [0.717, 1.165) is 0 Å². The van der Waals surface area contributed by atoms with E-state index in [2.05, 4.69) is 0 Å². The number of para-hydroxylation sites is 1. The van der Waals surface area contributed by atoms with Crippen molar-refractivity contribution >= 4 is 29.1 Å². The molecule has 3 atom stereocenters. The summed E-state index contributed by atoms with van der Waals surface area (Å²) in [6.07, 6.45) is 4.75. The highest BCUT2D eigenvalue weighted by Crippen LogP contribution is 2.53. The van der Waals surface area contributed by atoms with Crippen molar-refractivity contribution in [3.63, 3.8) is 0 Å². The van der Waals surface area contributed by atoms with E-state index in [-0.39, 0.29) is 17.9 Å². The Morgan fingerprint density at radius 2 is 1.78 bits per heavy atom. The predicted molar refractivity (Wildman–Crippen MR) is 118 cm³/mol. The topological polar surface area (TPSA) is 72.9 Å². The molecule has 6 heteroatoms. The first-order chi connectivity index (χ1) is 15.6. The standard InChI is InChI=1S/C26H23NO5/c1-2-31-25(30)26-19-15-9-10-16-20(19)32-23(17-11-5-3-6-12-17)21(26)22(28)24(29)27(26)18-13-7-4-8-14-18/h3-8,10-14,16,19-20H,2,9,15H2,1H3/t19-,20-,26+/m0/s1. The molecule has 1 fully saturated rings. The largest absolute Gasteiger partial charge is 0.485 e. The Bertz CT molecular complexity index is 1140. The number of amides is 1. The third-order valence-corrected chi connectivity index (χ3v) is 6.38. The zero-order chi connectivity index (χ0) is 22.3. The van der Waals surface area contributed by atoms with Crippen LogP contribution >= 0.6 is 0 Å². The fourth-order valence-electron chi connectivity index (χ4n) is 5.13. The number of rotatable bonds is 4. The summed E-state index contributed by atoms with van der Waals surface area (Å²) in [5, 5.41) is 0. The summed E-state index contributed by atoms with van der Waals surface area (Å²) in [4.78, 5) is 42.2. The van der Waals surface area contributed by atoms with Crippen LogP contribution in [0.5, 0.6) is 0 Å². The minimum atomic E-state index is -1.59. The molecule has 2 heterocycles. The summed E-state index contributed by atoms with van der Waals surface area (Å²) in [7, 11) is 0. The van der Waals surface area contributed by atoms with E-state index in [0.29, 0.717) is 24.1 Å². The molecule has 2 aliphatic heterocycles. The highest BCUT2D eigenvalue weighted by Gasteiger charge is 2.69. The number of nitrogens with zero attached hydrogens (tertiary/aromatic N) is 1. The van der Waals surface area contributed by atoms with Crippen LogP contribution in [0.2, 0.25) is 0 Å². The van der Waals surface area contributed by atoms with Gasteiger partial charge in [0.1, 0.15) is 11.9 Å². The number of fused-ring (bicyclic) bond motifs is 3. The Kier molecular flexibility index (Phi) is 4.93. The summed E-state index contributed by atoms with van der Waals surface area (Å²) in [5.74, 6) is -2.26. The fraction of sp³-hybridized carbons (Fsp3) is 0.269. The van der Waals surface area contributed by atoms with Crippen molar-refractivity contribution in [3.8, 4) is 0 Å². The molecule has 0 spiro atoms. The highest BCUT2D eigenvalue weighted by atomic mass is 16.5. The minimum Gasteiger partial charge on any atom is -0.485 e. The lowest BCUT2D eigenvalue weighted by molar-refractivity contribution is -0.153. The van der Waals surface area contributed by atoms with Crippen LogP contribution in [0, 0.1) is 5.92 Å². The number of anilines is 1. The predicted octanol–water partition coefficient (Wildman–Crippen LogP) is 3.68. The van der Waals surface area contributed by atoms with Crippen LogP contribution in [0.15, 0.2) is 78.4 Å². The molecule has 6 nitrogen and oxygen atoms in total. The lowest BCUT2D eigenvalue weighted by atomic mass is 9.68. The van der Waals surface area contributed by atoms with Crippen LogP contribution in [0.3, 0.4) is 0 Å². The zero-order valence-corrected chi connectivity index (χ0v) is 17.7. The Morgan fingerprint density at radius 1 is 1.09 bits per heavy atom. The van der Waals surface area contributed by atoms with Gasteiger partial charge in [0.15, 0.2) is 5.54 Å². The van der Waals surface area contributed by atoms with E-state index in [1.165, 1.54) is 4.90 Å².